The highest BCUT2D eigenvalue weighted by atomic mass is 32.1. The van der Waals surface area contributed by atoms with Gasteiger partial charge in [0.05, 0.1) is 10.8 Å². The van der Waals surface area contributed by atoms with Crippen molar-refractivity contribution >= 4 is 23.0 Å². The molecule has 154 valence electrons. The van der Waals surface area contributed by atoms with Gasteiger partial charge in [-0.05, 0) is 53.8 Å². The van der Waals surface area contributed by atoms with Crippen LogP contribution < -0.4 is 11.1 Å². The summed E-state index contributed by atoms with van der Waals surface area (Å²) >= 11 is 1.43. The lowest BCUT2D eigenvalue weighted by atomic mass is 9.75. The molecule has 1 aromatic heterocycles. The molecule has 3 atom stereocenters. The summed E-state index contributed by atoms with van der Waals surface area (Å²) in [5.74, 6) is 0.0811. The Balaban J connectivity index is 1.53. The Labute approximate surface area is 181 Å². The van der Waals surface area contributed by atoms with Crippen LogP contribution in [-0.2, 0) is 4.79 Å². The highest BCUT2D eigenvalue weighted by Gasteiger charge is 2.31. The first-order chi connectivity index (χ1) is 14.6. The number of primary amides is 1. The van der Waals surface area contributed by atoms with Gasteiger partial charge in [0.2, 0.25) is 11.7 Å². The van der Waals surface area contributed by atoms with Crippen LogP contribution in [0, 0.1) is 5.92 Å². The minimum Gasteiger partial charge on any atom is -0.369 e. The predicted molar refractivity (Wildman–Crippen MR) is 121 cm³/mol. The number of ketones is 1. The summed E-state index contributed by atoms with van der Waals surface area (Å²) in [6.45, 7) is 1.86. The van der Waals surface area contributed by atoms with Gasteiger partial charge in [0, 0.05) is 12.1 Å². The van der Waals surface area contributed by atoms with Gasteiger partial charge in [-0.25, -0.2) is 0 Å². The smallest absolute Gasteiger partial charge is 0.224 e. The zero-order valence-corrected chi connectivity index (χ0v) is 17.6. The molecule has 1 saturated heterocycles. The van der Waals surface area contributed by atoms with Crippen LogP contribution in [-0.4, -0.2) is 24.8 Å². The Morgan fingerprint density at radius 2 is 1.80 bits per heavy atom. The minimum absolute atomic E-state index is 0.00896. The van der Waals surface area contributed by atoms with Crippen LogP contribution in [0.5, 0.6) is 0 Å². The predicted octanol–water partition coefficient (Wildman–Crippen LogP) is 4.33. The van der Waals surface area contributed by atoms with Crippen LogP contribution >= 0.6 is 11.3 Å². The third-order valence-corrected chi connectivity index (χ3v) is 6.92. The van der Waals surface area contributed by atoms with Crippen LogP contribution in [0.3, 0.4) is 0 Å². The monoisotopic (exact) mass is 418 g/mol. The topological polar surface area (TPSA) is 72.2 Å². The van der Waals surface area contributed by atoms with Gasteiger partial charge in [0.25, 0.3) is 0 Å². The number of hydrogen-bond acceptors (Lipinski definition) is 4. The molecule has 1 aliphatic heterocycles. The Kier molecular flexibility index (Phi) is 6.41. The van der Waals surface area contributed by atoms with Gasteiger partial charge in [-0.3, -0.25) is 9.59 Å². The molecule has 1 aliphatic rings. The van der Waals surface area contributed by atoms with E-state index in [0.717, 1.165) is 36.4 Å². The molecule has 0 bridgehead atoms. The maximum absolute atomic E-state index is 12.6. The summed E-state index contributed by atoms with van der Waals surface area (Å²) in [4.78, 5) is 25.6. The number of carbonyl (C=O) groups excluding carboxylic acids is 2. The maximum Gasteiger partial charge on any atom is 0.224 e. The highest BCUT2D eigenvalue weighted by molar-refractivity contribution is 7.12. The van der Waals surface area contributed by atoms with Crippen molar-refractivity contribution in [2.45, 2.75) is 24.7 Å². The highest BCUT2D eigenvalue weighted by Crippen LogP contribution is 2.37. The molecule has 2 aromatic carbocycles. The standard InChI is InChI=1S/C25H26N2O2S/c26-25(29)21(15-20-12-13-27-16-22(20)17-5-2-1-3-6-17)18-8-10-19(11-9-18)24(28)23-7-4-14-30-23/h1-11,14,20-22,27H,12-13,15-16H2,(H2,26,29). The molecule has 2 heterocycles. The first-order valence-corrected chi connectivity index (χ1v) is 11.2. The number of rotatable bonds is 7. The molecular formula is C25H26N2O2S. The number of amides is 1. The number of carbonyl (C=O) groups is 2. The fraction of sp³-hybridized carbons (Fsp3) is 0.280. The molecule has 3 aromatic rings. The summed E-state index contributed by atoms with van der Waals surface area (Å²) in [7, 11) is 0. The van der Waals surface area contributed by atoms with Crippen molar-refractivity contribution in [2.75, 3.05) is 13.1 Å². The van der Waals surface area contributed by atoms with Crippen LogP contribution in [0.2, 0.25) is 0 Å². The van der Waals surface area contributed by atoms with Gasteiger partial charge in [-0.2, -0.15) is 0 Å². The Morgan fingerprint density at radius 1 is 1.03 bits per heavy atom. The number of piperidine rings is 1. The second-order valence-corrected chi connectivity index (χ2v) is 8.84. The summed E-state index contributed by atoms with van der Waals surface area (Å²) in [6, 6.07) is 21.6. The van der Waals surface area contributed by atoms with Crippen molar-refractivity contribution in [2.24, 2.45) is 11.7 Å². The fourth-order valence-electron chi connectivity index (χ4n) is 4.42. The number of hydrogen-bond donors (Lipinski definition) is 2. The third-order valence-electron chi connectivity index (χ3n) is 6.06. The van der Waals surface area contributed by atoms with E-state index in [1.807, 2.05) is 47.8 Å². The van der Waals surface area contributed by atoms with Gasteiger partial charge >= 0.3 is 0 Å². The van der Waals surface area contributed by atoms with E-state index >= 15 is 0 Å². The largest absolute Gasteiger partial charge is 0.369 e. The fourth-order valence-corrected chi connectivity index (χ4v) is 5.11. The zero-order valence-electron chi connectivity index (χ0n) is 16.8. The average Bonchev–Trinajstić information content (AvgIpc) is 3.33. The van der Waals surface area contributed by atoms with Crippen molar-refractivity contribution in [3.63, 3.8) is 0 Å². The number of nitrogens with one attached hydrogen (secondary N) is 1. The normalized spacial score (nSPS) is 19.9. The first-order valence-electron chi connectivity index (χ1n) is 10.4. The van der Waals surface area contributed by atoms with Gasteiger partial charge in [0.15, 0.2) is 0 Å². The molecule has 30 heavy (non-hydrogen) atoms. The van der Waals surface area contributed by atoms with Crippen molar-refractivity contribution in [3.8, 4) is 0 Å². The lowest BCUT2D eigenvalue weighted by Crippen LogP contribution is -2.37. The van der Waals surface area contributed by atoms with Crippen molar-refractivity contribution in [3.05, 3.63) is 93.7 Å². The van der Waals surface area contributed by atoms with Gasteiger partial charge in [-0.1, -0.05) is 60.7 Å². The van der Waals surface area contributed by atoms with Crippen LogP contribution in [0.25, 0.3) is 0 Å². The molecule has 1 fully saturated rings. The average molecular weight is 419 g/mol. The zero-order chi connectivity index (χ0) is 20.9. The quantitative estimate of drug-likeness (QED) is 0.561. The summed E-state index contributed by atoms with van der Waals surface area (Å²) in [6.07, 6.45) is 1.73. The van der Waals surface area contributed by atoms with E-state index in [4.69, 9.17) is 5.73 Å². The van der Waals surface area contributed by atoms with Crippen LogP contribution in [0.4, 0.5) is 0 Å². The molecule has 0 saturated carbocycles. The Morgan fingerprint density at radius 3 is 2.47 bits per heavy atom. The number of thiophene rings is 1. The molecule has 0 aliphatic carbocycles. The van der Waals surface area contributed by atoms with E-state index in [2.05, 4.69) is 29.6 Å². The second kappa shape index (κ2) is 9.37. The molecular weight excluding hydrogens is 392 g/mol. The SMILES string of the molecule is NC(=O)C(CC1CCNCC1c1ccccc1)c1ccc(C(=O)c2cccs2)cc1. The van der Waals surface area contributed by atoms with E-state index in [-0.39, 0.29) is 17.6 Å². The summed E-state index contributed by atoms with van der Waals surface area (Å²) in [5, 5.41) is 5.38. The van der Waals surface area contributed by atoms with Gasteiger partial charge in [-0.15, -0.1) is 11.3 Å². The van der Waals surface area contributed by atoms with Crippen LogP contribution in [0.15, 0.2) is 72.1 Å². The van der Waals surface area contributed by atoms with E-state index in [0.29, 0.717) is 17.4 Å². The molecule has 5 heteroatoms. The molecule has 4 rings (SSSR count). The lowest BCUT2D eigenvalue weighted by Gasteiger charge is -2.34. The molecule has 0 spiro atoms. The lowest BCUT2D eigenvalue weighted by molar-refractivity contribution is -0.119. The maximum atomic E-state index is 12.6. The summed E-state index contributed by atoms with van der Waals surface area (Å²) < 4.78 is 0. The molecule has 0 radical (unpaired) electrons. The van der Waals surface area contributed by atoms with E-state index < -0.39 is 0 Å². The molecule has 1 amide bonds. The molecule has 4 nitrogen and oxygen atoms in total. The third kappa shape index (κ3) is 4.53. The van der Waals surface area contributed by atoms with E-state index in [1.54, 1.807) is 0 Å². The van der Waals surface area contributed by atoms with Gasteiger partial charge in [0.1, 0.15) is 0 Å². The van der Waals surface area contributed by atoms with E-state index in [1.165, 1.54) is 16.9 Å². The van der Waals surface area contributed by atoms with Crippen molar-refractivity contribution < 1.29 is 9.59 Å². The second-order valence-electron chi connectivity index (χ2n) is 7.89. The van der Waals surface area contributed by atoms with E-state index in [9.17, 15) is 9.59 Å². The minimum atomic E-state index is -0.356. The van der Waals surface area contributed by atoms with Crippen LogP contribution in [0.1, 0.15) is 51.0 Å². The number of benzene rings is 2. The summed E-state index contributed by atoms with van der Waals surface area (Å²) in [5.41, 5.74) is 8.64. The first kappa shape index (κ1) is 20.5. The van der Waals surface area contributed by atoms with Crippen molar-refractivity contribution in [1.82, 2.24) is 5.32 Å². The molecule has 3 N–H and O–H groups in total. The Hall–Kier alpha value is -2.76. The van der Waals surface area contributed by atoms with Crippen molar-refractivity contribution in [1.29, 1.82) is 0 Å². The van der Waals surface area contributed by atoms with Gasteiger partial charge < -0.3 is 11.1 Å². The molecule has 3 unspecified atom stereocenters. The number of nitrogens with two attached hydrogens (primary N) is 1. The Bertz CT molecular complexity index is 984.